The molecule has 2 bridgehead atoms. The zero-order chi connectivity index (χ0) is 44.6. The number of ketones is 2. The topological polar surface area (TPSA) is 200 Å². The number of esters is 1. The highest BCUT2D eigenvalue weighted by Gasteiger charge is 2.61. The van der Waals surface area contributed by atoms with Gasteiger partial charge in [0.05, 0.1) is 43.2 Å². The number of ether oxygens (including phenoxy) is 5. The van der Waals surface area contributed by atoms with Crippen molar-refractivity contribution in [2.75, 3.05) is 27.2 Å². The van der Waals surface area contributed by atoms with Gasteiger partial charge in [0.15, 0.2) is 17.7 Å². The zero-order valence-corrected chi connectivity index (χ0v) is 36.9. The van der Waals surface area contributed by atoms with E-state index in [9.17, 15) is 29.1 Å². The van der Waals surface area contributed by atoms with Crippen LogP contribution >= 0.6 is 0 Å². The minimum Gasteiger partial charge on any atom is -0.458 e. The molecule has 1 aromatic carbocycles. The van der Waals surface area contributed by atoms with E-state index in [4.69, 9.17) is 28.7 Å². The van der Waals surface area contributed by atoms with Crippen molar-refractivity contribution in [2.24, 2.45) is 28.7 Å². The molecule has 0 spiro atoms. The molecule has 2 aromatic rings. The lowest BCUT2D eigenvalue weighted by Gasteiger charge is -2.47. The molecule has 4 aliphatic heterocycles. The van der Waals surface area contributed by atoms with Gasteiger partial charge in [0.25, 0.3) is 0 Å². The molecule has 2 N–H and O–H groups in total. The summed E-state index contributed by atoms with van der Waals surface area (Å²) in [6, 6.07) is 8.09. The first kappa shape index (κ1) is 45.8. The summed E-state index contributed by atoms with van der Waals surface area (Å²) in [5.74, 6) is -5.97. The van der Waals surface area contributed by atoms with E-state index in [1.165, 1.54) is 11.8 Å². The van der Waals surface area contributed by atoms with Gasteiger partial charge in [0.1, 0.15) is 35.6 Å². The molecule has 4 aliphatic rings. The smallest absolute Gasteiger partial charge is 0.411 e. The molecule has 61 heavy (non-hydrogen) atoms. The minimum atomic E-state index is -1.74. The normalized spacial score (nSPS) is 37.4. The number of nitrogens with zero attached hydrogens (tertiary/aromatic N) is 5. The fourth-order valence-electron chi connectivity index (χ4n) is 9.70. The molecule has 0 saturated carbocycles. The number of fused-ring (bicyclic) bond motifs is 4. The fourth-order valence-corrected chi connectivity index (χ4v) is 9.70. The lowest BCUT2D eigenvalue weighted by molar-refractivity contribution is -0.292. The standard InChI is InChI=1S/C44H62N6O11/c1-11-33-44(8)37-26(4)34(51)24(2)20-43(7,38(27(5)35(52)28(6)39(54)58-33)59-40-36(53)32(48(9)10)19-25(3)57-40)60-41(55)46-22-30(23-49(37)42(56)61-44)45-21-29-13-15-31(16-14-29)50-18-12-17-47-50/h12-18,24-28,32-33,36-38,40,53H,11,19-23H2,1-10H3,(H,46,55)/t24-,25-,26+,27+,28-,32+,33-,36-,37+,38-,40+,43-,44-/m1/s1. The van der Waals surface area contributed by atoms with Gasteiger partial charge in [-0.15, -0.1) is 0 Å². The first-order chi connectivity index (χ1) is 28.8. The number of aliphatic hydroxyl groups is 1. The van der Waals surface area contributed by atoms with Crippen LogP contribution in [-0.4, -0.2) is 141 Å². The van der Waals surface area contributed by atoms with Crippen LogP contribution in [0.1, 0.15) is 80.2 Å². The number of benzene rings is 1. The summed E-state index contributed by atoms with van der Waals surface area (Å²) in [5.41, 5.74) is -1.21. The van der Waals surface area contributed by atoms with Gasteiger partial charge in [0.2, 0.25) is 0 Å². The van der Waals surface area contributed by atoms with E-state index in [0.717, 1.165) is 11.3 Å². The van der Waals surface area contributed by atoms with Crippen LogP contribution in [0.2, 0.25) is 0 Å². The summed E-state index contributed by atoms with van der Waals surface area (Å²) in [5, 5.41) is 18.7. The maximum absolute atomic E-state index is 14.8. The number of cyclic esters (lactones) is 1. The summed E-state index contributed by atoms with van der Waals surface area (Å²) in [6.07, 6.45) is -2.79. The number of amides is 2. The molecule has 4 fully saturated rings. The van der Waals surface area contributed by atoms with E-state index < -0.39 is 89.5 Å². The Morgan fingerprint density at radius 3 is 2.34 bits per heavy atom. The predicted molar refractivity (Wildman–Crippen MR) is 222 cm³/mol. The molecule has 17 nitrogen and oxygen atoms in total. The number of alkyl carbamates (subject to hydrolysis) is 1. The van der Waals surface area contributed by atoms with Crippen LogP contribution < -0.4 is 5.32 Å². The Labute approximate surface area is 357 Å². The van der Waals surface area contributed by atoms with Gasteiger partial charge in [-0.25, -0.2) is 14.3 Å². The number of aliphatic imine (C=N–C) groups is 1. The van der Waals surface area contributed by atoms with Gasteiger partial charge in [0, 0.05) is 36.2 Å². The number of hydrogen-bond donors (Lipinski definition) is 2. The maximum atomic E-state index is 14.8. The van der Waals surface area contributed by atoms with Crippen molar-refractivity contribution in [2.45, 2.75) is 135 Å². The average molecular weight is 851 g/mol. The molecular formula is C44H62N6O11. The van der Waals surface area contributed by atoms with Crippen LogP contribution in [0.4, 0.5) is 9.59 Å². The maximum Gasteiger partial charge on any atom is 0.411 e. The van der Waals surface area contributed by atoms with Gasteiger partial charge in [-0.3, -0.25) is 24.3 Å². The first-order valence-electron chi connectivity index (χ1n) is 21.3. The van der Waals surface area contributed by atoms with Crippen LogP contribution in [0.25, 0.3) is 5.69 Å². The van der Waals surface area contributed by atoms with Crippen LogP contribution in [-0.2, 0) is 44.6 Å². The van der Waals surface area contributed by atoms with Crippen molar-refractivity contribution in [3.63, 3.8) is 0 Å². The van der Waals surface area contributed by atoms with Crippen molar-refractivity contribution in [3.8, 4) is 5.69 Å². The largest absolute Gasteiger partial charge is 0.458 e. The number of nitrogens with one attached hydrogen (secondary N) is 1. The van der Waals surface area contributed by atoms with Crippen LogP contribution in [0.3, 0.4) is 0 Å². The second kappa shape index (κ2) is 18.3. The molecule has 6 rings (SSSR count). The molecule has 0 aliphatic carbocycles. The minimum absolute atomic E-state index is 0.134. The molecular weight excluding hydrogens is 789 g/mol. The monoisotopic (exact) mass is 850 g/mol. The first-order valence-corrected chi connectivity index (χ1v) is 21.3. The second-order valence-electron chi connectivity index (χ2n) is 17.9. The third kappa shape index (κ3) is 9.39. The van der Waals surface area contributed by atoms with E-state index in [1.54, 1.807) is 52.4 Å². The van der Waals surface area contributed by atoms with E-state index in [-0.39, 0.29) is 50.4 Å². The molecule has 4 saturated heterocycles. The van der Waals surface area contributed by atoms with Crippen molar-refractivity contribution in [1.82, 2.24) is 24.9 Å². The summed E-state index contributed by atoms with van der Waals surface area (Å²) in [4.78, 5) is 79.8. The van der Waals surface area contributed by atoms with Gasteiger partial charge in [-0.05, 0) is 84.8 Å². The Morgan fingerprint density at radius 1 is 1.00 bits per heavy atom. The SMILES string of the molecule is CC[C@H]1OC(=O)[C@H](C)C(=O)[C@H](C)[C@@H](O[C@@H]2O[C@H](C)C[C@H](N(C)C)[C@H]2O)[C@@]2(C)C[C@@H](C)C(=O)[C@H](C)[C@@H]3N(CC(=NCc4ccc(-n5cccn5)cc4)CNC(=O)O2)C(=O)O[C@@]31C. The number of likely N-dealkylation sites (N-methyl/N-ethyl adjacent to an activating group) is 1. The van der Waals surface area contributed by atoms with Gasteiger partial charge in [-0.2, -0.15) is 5.10 Å². The van der Waals surface area contributed by atoms with Crippen LogP contribution in [0, 0.1) is 23.7 Å². The zero-order valence-electron chi connectivity index (χ0n) is 36.9. The Balaban J connectivity index is 1.47. The van der Waals surface area contributed by atoms with Gasteiger partial charge in [-0.1, -0.05) is 39.8 Å². The van der Waals surface area contributed by atoms with E-state index >= 15 is 0 Å². The van der Waals surface area contributed by atoms with Gasteiger partial charge >= 0.3 is 18.2 Å². The van der Waals surface area contributed by atoms with Crippen molar-refractivity contribution < 1.29 is 52.8 Å². The molecule has 17 heteroatoms. The highest BCUT2D eigenvalue weighted by atomic mass is 16.7. The van der Waals surface area contributed by atoms with Crippen LogP contribution in [0.5, 0.6) is 0 Å². The van der Waals surface area contributed by atoms with Crippen LogP contribution in [0.15, 0.2) is 47.7 Å². The second-order valence-corrected chi connectivity index (χ2v) is 17.9. The third-order valence-electron chi connectivity index (χ3n) is 13.0. The summed E-state index contributed by atoms with van der Waals surface area (Å²) < 4.78 is 33.1. The molecule has 5 heterocycles. The van der Waals surface area contributed by atoms with E-state index in [0.29, 0.717) is 12.1 Å². The van der Waals surface area contributed by atoms with Crippen molar-refractivity contribution >= 4 is 35.4 Å². The summed E-state index contributed by atoms with van der Waals surface area (Å²) >= 11 is 0. The van der Waals surface area contributed by atoms with Gasteiger partial charge < -0.3 is 39.0 Å². The highest BCUT2D eigenvalue weighted by Crippen LogP contribution is 2.43. The lowest BCUT2D eigenvalue weighted by atomic mass is 9.73. The summed E-state index contributed by atoms with van der Waals surface area (Å²) in [7, 11) is 3.66. The Bertz CT molecular complexity index is 1960. The highest BCUT2D eigenvalue weighted by molar-refractivity contribution is 6.00. The molecule has 1 aromatic heterocycles. The number of carbonyl (C=O) groups excluding carboxylic acids is 5. The Hall–Kier alpha value is -4.71. The van der Waals surface area contributed by atoms with Crippen molar-refractivity contribution in [1.29, 1.82) is 0 Å². The molecule has 0 unspecified atom stereocenters. The van der Waals surface area contributed by atoms with Crippen molar-refractivity contribution in [3.05, 3.63) is 48.3 Å². The fraction of sp³-hybridized carbons (Fsp3) is 0.659. The Kier molecular flexibility index (Phi) is 13.8. The average Bonchev–Trinajstić information content (AvgIpc) is 3.85. The number of aliphatic hydroxyl groups excluding tert-OH is 1. The molecule has 334 valence electrons. The summed E-state index contributed by atoms with van der Waals surface area (Å²) in [6.45, 7) is 13.1. The Morgan fingerprint density at radius 2 is 1.70 bits per heavy atom. The predicted octanol–water partition coefficient (Wildman–Crippen LogP) is 4.11. The number of hydrogen-bond acceptors (Lipinski definition) is 14. The number of Topliss-reactive ketones (excluding diaryl/α,β-unsaturated/α-hetero) is 2. The molecule has 0 radical (unpaired) electrons. The van der Waals surface area contributed by atoms with E-state index in [2.05, 4.69) is 10.4 Å². The lowest BCUT2D eigenvalue weighted by Crippen LogP contribution is -2.60. The van der Waals surface area contributed by atoms with E-state index in [1.807, 2.05) is 62.4 Å². The quantitative estimate of drug-likeness (QED) is 0.229. The number of carbonyl (C=O) groups is 5. The molecule has 2 amide bonds. The molecule has 13 atom stereocenters. The number of aromatic nitrogens is 2. The third-order valence-corrected chi connectivity index (χ3v) is 13.0. The number of rotatable bonds is 7.